The Morgan fingerprint density at radius 2 is 1.04 bits per heavy atom. The van der Waals surface area contributed by atoms with E-state index < -0.39 is 141 Å². The average Bonchev–Trinajstić information content (AvgIpc) is 3.23. The fraction of sp³-hybridized carbons (Fsp3) is 0.343. The number of nitrogens with zero attached hydrogens (tertiary/aromatic N) is 4. The summed E-state index contributed by atoms with van der Waals surface area (Å²) in [7, 11) is 0. The molecule has 0 heterocycles. The molecule has 24 N–H and O–H groups in total. The molecule has 0 aliphatic carbocycles. The van der Waals surface area contributed by atoms with Crippen molar-refractivity contribution in [3.63, 3.8) is 0 Å². The minimum atomic E-state index is -2.52. The zero-order valence-electron chi connectivity index (χ0n) is 36.1. The predicted molar refractivity (Wildman–Crippen MR) is 236 cm³/mol. The number of nitriles is 1. The molecule has 68 heavy (non-hydrogen) atoms. The van der Waals surface area contributed by atoms with Crippen molar-refractivity contribution in [1.82, 2.24) is 47.9 Å². The Hall–Kier alpha value is -9.61. The lowest BCUT2D eigenvalue weighted by Gasteiger charge is -2.32. The molecule has 33 nitrogen and oxygen atoms in total. The van der Waals surface area contributed by atoms with Gasteiger partial charge in [-0.15, -0.1) is 0 Å². The number of nitro benzene ring substituents is 2. The quantitative estimate of drug-likeness (QED) is 0.0172. The fourth-order valence-electron chi connectivity index (χ4n) is 5.56. The van der Waals surface area contributed by atoms with Gasteiger partial charge in [-0.3, -0.25) is 70.6 Å². The van der Waals surface area contributed by atoms with Crippen LogP contribution in [0.5, 0.6) is 0 Å². The molecule has 0 aliphatic heterocycles. The molecule has 2 rings (SSSR count). The van der Waals surface area contributed by atoms with Crippen molar-refractivity contribution in [1.29, 1.82) is 26.9 Å². The summed E-state index contributed by atoms with van der Waals surface area (Å²) in [6.45, 7) is 4.73. The Labute approximate surface area is 383 Å². The van der Waals surface area contributed by atoms with E-state index in [2.05, 4.69) is 16.0 Å². The fourth-order valence-corrected chi connectivity index (χ4v) is 5.56. The third-order valence-corrected chi connectivity index (χ3v) is 8.61. The number of hydrogen-bond donors (Lipinski definition) is 19. The number of guanidine groups is 4. The standard InChI is InChI=1S/C35H50N22O11/c1-35(2,3)9-10-55(19-16(56(65)66)11-14(13-36)12-17(19)57(67)68)30(64)29(63)46-18(15-7-5-4-6-8-15)25(59)48-22(52-32(40)41)27(61)50-24(54-34(44)45)28(62)49-23(53-33(42)43)26(60)47-21(20(37)58)51-31(38)39/h4-8,11-12,18,21-24,30,64H,9-10H2,1-3H3,(H2,37,58)(H,46,63)(H,47,60)(H,48,59)(H,49,62)(H,50,61)(H4,38,39,51)(H4,40,41,52)(H4,42,43,53)(H4,44,45,54). The lowest BCUT2D eigenvalue weighted by Crippen LogP contribution is -2.68. The first-order chi connectivity index (χ1) is 31.6. The van der Waals surface area contributed by atoms with Crippen LogP contribution in [0.1, 0.15) is 44.4 Å². The number of carbonyl (C=O) groups excluding carboxylic acids is 6. The highest BCUT2D eigenvalue weighted by molar-refractivity contribution is 6.00. The van der Waals surface area contributed by atoms with Gasteiger partial charge in [0.1, 0.15) is 6.04 Å². The predicted octanol–water partition coefficient (Wildman–Crippen LogP) is -6.02. The second-order valence-corrected chi connectivity index (χ2v) is 15.1. The van der Waals surface area contributed by atoms with Crippen molar-refractivity contribution in [2.75, 3.05) is 11.4 Å². The molecule has 0 aliphatic rings. The number of rotatable bonds is 22. The molecule has 2 aromatic carbocycles. The third kappa shape index (κ3) is 16.5. The summed E-state index contributed by atoms with van der Waals surface area (Å²) in [5.74, 6) is -12.0. The van der Waals surface area contributed by atoms with E-state index in [1.54, 1.807) is 26.8 Å². The van der Waals surface area contributed by atoms with Crippen LogP contribution < -0.4 is 81.4 Å². The summed E-state index contributed by atoms with van der Waals surface area (Å²) >= 11 is 0. The van der Waals surface area contributed by atoms with E-state index in [-0.39, 0.29) is 12.0 Å². The molecule has 0 bridgehead atoms. The van der Waals surface area contributed by atoms with Crippen LogP contribution in [0.15, 0.2) is 42.5 Å². The highest BCUT2D eigenvalue weighted by atomic mass is 16.6. The number of aliphatic hydroxyl groups excluding tert-OH is 1. The minimum Gasteiger partial charge on any atom is -0.370 e. The van der Waals surface area contributed by atoms with Crippen LogP contribution in [-0.4, -0.2) is 112 Å². The maximum absolute atomic E-state index is 14.1. The normalized spacial score (nSPS) is 13.3. The Balaban J connectivity index is 2.59. The summed E-state index contributed by atoms with van der Waals surface area (Å²) in [5, 5.41) is 94.4. The Morgan fingerprint density at radius 3 is 1.40 bits per heavy atom. The molecule has 0 radical (unpaired) electrons. The molecule has 0 saturated heterocycles. The van der Waals surface area contributed by atoms with Gasteiger partial charge in [0.25, 0.3) is 29.5 Å². The number of primary amides is 1. The van der Waals surface area contributed by atoms with Crippen LogP contribution in [-0.2, 0) is 28.8 Å². The van der Waals surface area contributed by atoms with E-state index in [1.807, 2.05) is 31.9 Å². The van der Waals surface area contributed by atoms with Gasteiger partial charge >= 0.3 is 11.4 Å². The third-order valence-electron chi connectivity index (χ3n) is 8.61. The van der Waals surface area contributed by atoms with E-state index in [0.717, 1.165) is 0 Å². The largest absolute Gasteiger partial charge is 0.370 e. The highest BCUT2D eigenvalue weighted by Crippen LogP contribution is 2.40. The molecule has 0 aromatic heterocycles. The number of aliphatic hydroxyl groups is 1. The first-order valence-corrected chi connectivity index (χ1v) is 19.2. The number of nitro groups is 2. The van der Waals surface area contributed by atoms with Crippen LogP contribution in [0.3, 0.4) is 0 Å². The van der Waals surface area contributed by atoms with E-state index in [1.165, 1.54) is 30.3 Å². The minimum absolute atomic E-state index is 0.0426. The number of carbonyl (C=O) groups is 6. The first-order valence-electron chi connectivity index (χ1n) is 19.2. The highest BCUT2D eigenvalue weighted by Gasteiger charge is 2.39. The summed E-state index contributed by atoms with van der Waals surface area (Å²) in [6.07, 6.45) is -10.7. The summed E-state index contributed by atoms with van der Waals surface area (Å²) < 4.78 is 0. The molecular formula is C35H50N22O11. The Bertz CT molecular complexity index is 2330. The van der Waals surface area contributed by atoms with Crippen molar-refractivity contribution < 1.29 is 43.7 Å². The van der Waals surface area contributed by atoms with Gasteiger partial charge in [0.15, 0.2) is 54.2 Å². The SMILES string of the molecule is CC(C)(C)CCN(c1c([N+](=O)[O-])cc(C#N)cc1[N+](=O)[O-])C(O)C(=O)NC(C(=O)NC(NC(=N)N)C(=O)NC(NC(=N)N)C(=O)NC(NC(=N)N)C(=O)NC(NC(=N)N)C(N)=O)c1ccccc1. The molecule has 2 aromatic rings. The maximum Gasteiger partial charge on any atom is 0.301 e. The number of anilines is 1. The molecular weight excluding hydrogens is 905 g/mol. The number of amides is 6. The smallest absolute Gasteiger partial charge is 0.301 e. The van der Waals surface area contributed by atoms with Crippen LogP contribution in [0.4, 0.5) is 17.1 Å². The summed E-state index contributed by atoms with van der Waals surface area (Å²) in [5.41, 5.74) is 22.6. The molecule has 0 fully saturated rings. The number of nitrogens with one attached hydrogen (secondary N) is 13. The zero-order valence-corrected chi connectivity index (χ0v) is 36.1. The molecule has 366 valence electrons. The zero-order chi connectivity index (χ0) is 51.8. The van der Waals surface area contributed by atoms with Gasteiger partial charge in [-0.1, -0.05) is 51.1 Å². The van der Waals surface area contributed by atoms with Crippen LogP contribution >= 0.6 is 0 Å². The topological polar surface area (TPSA) is 570 Å². The van der Waals surface area contributed by atoms with Crippen LogP contribution in [0.2, 0.25) is 0 Å². The molecule has 6 amide bonds. The number of hydrogen-bond acceptors (Lipinski definition) is 17. The monoisotopic (exact) mass is 954 g/mol. The second kappa shape index (κ2) is 23.9. The van der Waals surface area contributed by atoms with Crippen molar-refractivity contribution in [3.05, 3.63) is 73.8 Å². The van der Waals surface area contributed by atoms with Gasteiger partial charge in [-0.05, 0) is 17.4 Å². The molecule has 0 saturated carbocycles. The molecule has 6 unspecified atom stereocenters. The van der Waals surface area contributed by atoms with Crippen LogP contribution in [0, 0.1) is 58.6 Å². The van der Waals surface area contributed by atoms with E-state index in [0.29, 0.717) is 17.0 Å². The molecule has 0 spiro atoms. The van der Waals surface area contributed by atoms with Gasteiger partial charge in [0.2, 0.25) is 12.1 Å². The van der Waals surface area contributed by atoms with Gasteiger partial charge in [-0.2, -0.15) is 5.26 Å². The summed E-state index contributed by atoms with van der Waals surface area (Å²) in [6, 6.07) is 8.02. The van der Waals surface area contributed by atoms with Gasteiger partial charge < -0.3 is 86.5 Å². The van der Waals surface area contributed by atoms with Crippen molar-refractivity contribution >= 4 is 76.3 Å². The average molecular weight is 955 g/mol. The van der Waals surface area contributed by atoms with Crippen molar-refractivity contribution in [2.45, 2.75) is 64.1 Å². The van der Waals surface area contributed by atoms with E-state index >= 15 is 0 Å². The Kier molecular flexibility index (Phi) is 19.2. The Morgan fingerprint density at radius 1 is 0.662 bits per heavy atom. The number of benzene rings is 2. The lowest BCUT2D eigenvalue weighted by atomic mass is 9.92. The number of nitrogens with two attached hydrogens (primary N) is 5. The second-order valence-electron chi connectivity index (χ2n) is 15.1. The maximum atomic E-state index is 14.1. The van der Waals surface area contributed by atoms with Crippen molar-refractivity contribution in [3.8, 4) is 6.07 Å². The van der Waals surface area contributed by atoms with Gasteiger partial charge in [0, 0.05) is 18.7 Å². The molecule has 6 atom stereocenters. The van der Waals surface area contributed by atoms with E-state index in [9.17, 15) is 59.4 Å². The summed E-state index contributed by atoms with van der Waals surface area (Å²) in [4.78, 5) is 103. The van der Waals surface area contributed by atoms with Crippen LogP contribution in [0.25, 0.3) is 0 Å². The molecule has 33 heteroatoms. The van der Waals surface area contributed by atoms with Crippen molar-refractivity contribution in [2.24, 2.45) is 34.1 Å². The van der Waals surface area contributed by atoms with Gasteiger partial charge in [-0.25, -0.2) is 0 Å². The van der Waals surface area contributed by atoms with Gasteiger partial charge in [0.05, 0.1) is 21.5 Å². The first kappa shape index (κ1) is 54.5. The lowest BCUT2D eigenvalue weighted by molar-refractivity contribution is -0.392. The van der Waals surface area contributed by atoms with E-state index in [4.69, 9.17) is 50.3 Å².